The zero-order chi connectivity index (χ0) is 19.2. The number of fused-ring (bicyclic) bond motifs is 2. The number of hydrogen-bond acceptors (Lipinski definition) is 4. The first-order valence-corrected chi connectivity index (χ1v) is 10.2. The van der Waals surface area contributed by atoms with Gasteiger partial charge in [-0.2, -0.15) is 0 Å². The highest BCUT2D eigenvalue weighted by molar-refractivity contribution is 6.07. The molecule has 1 aromatic carbocycles. The first-order chi connectivity index (χ1) is 12.9. The summed E-state index contributed by atoms with van der Waals surface area (Å²) in [4.78, 5) is 22.8. The zero-order valence-electron chi connectivity index (χ0n) is 16.9. The maximum atomic E-state index is 13.3. The van der Waals surface area contributed by atoms with Gasteiger partial charge in [0.1, 0.15) is 17.1 Å². The molecule has 3 atom stereocenters. The van der Waals surface area contributed by atoms with Gasteiger partial charge in [-0.25, -0.2) is 0 Å². The van der Waals surface area contributed by atoms with E-state index in [0.717, 1.165) is 50.6 Å². The number of aliphatic imine (C=N–C) groups is 1. The van der Waals surface area contributed by atoms with Crippen LogP contribution in [0.25, 0.3) is 0 Å². The Morgan fingerprint density at radius 2 is 2.15 bits per heavy atom. The molecule has 2 aliphatic heterocycles. The van der Waals surface area contributed by atoms with Crippen LogP contribution in [-0.4, -0.2) is 53.8 Å². The van der Waals surface area contributed by atoms with E-state index in [1.165, 1.54) is 5.56 Å². The van der Waals surface area contributed by atoms with E-state index < -0.39 is 5.54 Å². The second-order valence-electron chi connectivity index (χ2n) is 8.84. The van der Waals surface area contributed by atoms with E-state index in [9.17, 15) is 4.79 Å². The molecule has 1 aliphatic carbocycles. The van der Waals surface area contributed by atoms with E-state index in [1.807, 2.05) is 24.0 Å². The molecular formula is C22H31N3O2. The fourth-order valence-corrected chi connectivity index (χ4v) is 5.31. The minimum atomic E-state index is -0.493. The molecule has 1 aromatic rings. The molecule has 1 amide bonds. The summed E-state index contributed by atoms with van der Waals surface area (Å²) in [7, 11) is 1.71. The average molecular weight is 370 g/mol. The number of amidine groups is 1. The van der Waals surface area contributed by atoms with Crippen molar-refractivity contribution in [1.29, 1.82) is 0 Å². The van der Waals surface area contributed by atoms with Gasteiger partial charge in [-0.3, -0.25) is 19.6 Å². The second-order valence-corrected chi connectivity index (χ2v) is 8.84. The normalized spacial score (nSPS) is 30.5. The van der Waals surface area contributed by atoms with E-state index >= 15 is 0 Å². The van der Waals surface area contributed by atoms with Gasteiger partial charge in [-0.15, -0.1) is 0 Å². The molecule has 1 saturated carbocycles. The fraction of sp³-hybridized carbons (Fsp3) is 0.636. The molecule has 1 saturated heterocycles. The number of carbonyl (C=O) groups is 1. The molecule has 2 fully saturated rings. The molecule has 5 heteroatoms. The van der Waals surface area contributed by atoms with Crippen molar-refractivity contribution in [3.05, 3.63) is 29.8 Å². The quantitative estimate of drug-likeness (QED) is 0.801. The predicted octanol–water partition coefficient (Wildman–Crippen LogP) is 3.19. The zero-order valence-corrected chi connectivity index (χ0v) is 16.9. The Bertz CT molecular complexity index is 760. The summed E-state index contributed by atoms with van der Waals surface area (Å²) in [5.74, 6) is 3.46. The van der Waals surface area contributed by atoms with Gasteiger partial charge in [-0.1, -0.05) is 26.0 Å². The summed E-state index contributed by atoms with van der Waals surface area (Å²) >= 11 is 0. The number of methoxy groups -OCH3 is 1. The van der Waals surface area contributed by atoms with Crippen LogP contribution in [0.4, 0.5) is 0 Å². The molecule has 2 heterocycles. The van der Waals surface area contributed by atoms with Gasteiger partial charge in [0.25, 0.3) is 5.91 Å². The van der Waals surface area contributed by atoms with E-state index in [4.69, 9.17) is 9.73 Å². The third kappa shape index (κ3) is 3.16. The van der Waals surface area contributed by atoms with E-state index in [0.29, 0.717) is 17.8 Å². The SMILES string of the molecule is COc1cccc(CN2C[C@H]3CC[C@@]4(N=C(C)N(CC(C)C)C4=O)[C@H]3C2)c1. The Labute approximate surface area is 162 Å². The number of rotatable bonds is 5. The summed E-state index contributed by atoms with van der Waals surface area (Å²) in [6, 6.07) is 8.29. The van der Waals surface area contributed by atoms with Crippen LogP contribution >= 0.6 is 0 Å². The molecule has 0 bridgehead atoms. The molecule has 0 unspecified atom stereocenters. The number of benzene rings is 1. The molecule has 0 N–H and O–H groups in total. The predicted molar refractivity (Wildman–Crippen MR) is 107 cm³/mol. The van der Waals surface area contributed by atoms with Crippen molar-refractivity contribution in [1.82, 2.24) is 9.80 Å². The molecular weight excluding hydrogens is 338 g/mol. The summed E-state index contributed by atoms with van der Waals surface area (Å²) in [5, 5.41) is 0. The molecule has 3 aliphatic rings. The van der Waals surface area contributed by atoms with Gasteiger partial charge in [0.2, 0.25) is 0 Å². The van der Waals surface area contributed by atoms with Crippen molar-refractivity contribution in [2.45, 2.75) is 45.7 Å². The number of likely N-dealkylation sites (tertiary alicyclic amines) is 1. The largest absolute Gasteiger partial charge is 0.497 e. The summed E-state index contributed by atoms with van der Waals surface area (Å²) in [6.07, 6.45) is 2.03. The summed E-state index contributed by atoms with van der Waals surface area (Å²) < 4.78 is 5.35. The van der Waals surface area contributed by atoms with Gasteiger partial charge >= 0.3 is 0 Å². The van der Waals surface area contributed by atoms with Gasteiger partial charge in [0.15, 0.2) is 0 Å². The number of nitrogens with zero attached hydrogens (tertiary/aromatic N) is 3. The molecule has 27 heavy (non-hydrogen) atoms. The lowest BCUT2D eigenvalue weighted by Crippen LogP contribution is -2.47. The van der Waals surface area contributed by atoms with Crippen molar-refractivity contribution in [2.24, 2.45) is 22.7 Å². The van der Waals surface area contributed by atoms with Crippen molar-refractivity contribution >= 4 is 11.7 Å². The molecule has 5 nitrogen and oxygen atoms in total. The lowest BCUT2D eigenvalue weighted by Gasteiger charge is -2.29. The van der Waals surface area contributed by atoms with Crippen molar-refractivity contribution in [3.8, 4) is 5.75 Å². The van der Waals surface area contributed by atoms with Crippen LogP contribution in [0.5, 0.6) is 5.75 Å². The van der Waals surface area contributed by atoms with Gasteiger partial charge in [0, 0.05) is 32.1 Å². The first-order valence-electron chi connectivity index (χ1n) is 10.2. The number of ether oxygens (including phenoxy) is 1. The Morgan fingerprint density at radius 3 is 2.89 bits per heavy atom. The maximum Gasteiger partial charge on any atom is 0.256 e. The first kappa shape index (κ1) is 18.5. The number of hydrogen-bond donors (Lipinski definition) is 0. The van der Waals surface area contributed by atoms with Crippen molar-refractivity contribution in [2.75, 3.05) is 26.7 Å². The fourth-order valence-electron chi connectivity index (χ4n) is 5.31. The van der Waals surface area contributed by atoms with Gasteiger partial charge in [-0.05, 0) is 49.3 Å². The van der Waals surface area contributed by atoms with Crippen LogP contribution in [0.3, 0.4) is 0 Å². The minimum Gasteiger partial charge on any atom is -0.497 e. The Kier molecular flexibility index (Phi) is 4.75. The summed E-state index contributed by atoms with van der Waals surface area (Å²) in [5.41, 5.74) is 0.773. The van der Waals surface area contributed by atoms with Crippen LogP contribution in [-0.2, 0) is 11.3 Å². The van der Waals surface area contributed by atoms with Crippen molar-refractivity contribution in [3.63, 3.8) is 0 Å². The summed E-state index contributed by atoms with van der Waals surface area (Å²) in [6.45, 7) is 10.0. The Morgan fingerprint density at radius 1 is 1.33 bits per heavy atom. The second kappa shape index (κ2) is 6.93. The Balaban J connectivity index is 1.49. The van der Waals surface area contributed by atoms with Crippen LogP contribution in [0.1, 0.15) is 39.2 Å². The highest BCUT2D eigenvalue weighted by Crippen LogP contribution is 2.50. The monoisotopic (exact) mass is 369 g/mol. The van der Waals surface area contributed by atoms with Crippen molar-refractivity contribution < 1.29 is 9.53 Å². The number of amides is 1. The van der Waals surface area contributed by atoms with E-state index in [2.05, 4.69) is 30.9 Å². The van der Waals surface area contributed by atoms with Crippen LogP contribution < -0.4 is 4.74 Å². The van der Waals surface area contributed by atoms with Crippen LogP contribution in [0.2, 0.25) is 0 Å². The van der Waals surface area contributed by atoms with Gasteiger partial charge < -0.3 is 4.74 Å². The smallest absolute Gasteiger partial charge is 0.256 e. The van der Waals surface area contributed by atoms with Crippen LogP contribution in [0.15, 0.2) is 29.3 Å². The molecule has 146 valence electrons. The van der Waals surface area contributed by atoms with E-state index in [1.54, 1.807) is 7.11 Å². The standard InChI is InChI=1S/C22H31N3O2/c1-15(2)11-25-16(3)23-22(21(25)26)9-8-18-13-24(14-20(18)22)12-17-6-5-7-19(10-17)27-4/h5-7,10,15,18,20H,8-9,11-14H2,1-4H3/t18-,20+,22-/m1/s1. The van der Waals surface area contributed by atoms with Crippen LogP contribution in [0, 0.1) is 17.8 Å². The third-order valence-electron chi connectivity index (χ3n) is 6.48. The third-order valence-corrected chi connectivity index (χ3v) is 6.48. The molecule has 0 radical (unpaired) electrons. The van der Waals surface area contributed by atoms with E-state index in [-0.39, 0.29) is 5.91 Å². The number of carbonyl (C=O) groups excluding carboxylic acids is 1. The lowest BCUT2D eigenvalue weighted by atomic mass is 9.84. The molecule has 4 rings (SSSR count). The topological polar surface area (TPSA) is 45.1 Å². The highest BCUT2D eigenvalue weighted by atomic mass is 16.5. The maximum absolute atomic E-state index is 13.3. The highest BCUT2D eigenvalue weighted by Gasteiger charge is 2.60. The molecule has 0 aromatic heterocycles. The Hall–Kier alpha value is -1.88. The van der Waals surface area contributed by atoms with Gasteiger partial charge in [0.05, 0.1) is 7.11 Å². The average Bonchev–Trinajstić information content (AvgIpc) is 3.25. The lowest BCUT2D eigenvalue weighted by molar-refractivity contribution is -0.132. The minimum absolute atomic E-state index is 0.254. The molecule has 1 spiro atoms.